The number of carboxylic acids is 1. The van der Waals surface area contributed by atoms with Crippen molar-refractivity contribution in [3.05, 3.63) is 47.0 Å². The molecule has 198 valence electrons. The lowest BCUT2D eigenvalue weighted by Gasteiger charge is -2.57. The summed E-state index contributed by atoms with van der Waals surface area (Å²) in [6.07, 6.45) is 17.3. The van der Waals surface area contributed by atoms with Crippen molar-refractivity contribution in [3.8, 4) is 0 Å². The lowest BCUT2D eigenvalue weighted by molar-refractivity contribution is -0.136. The Hall–Kier alpha value is -2.63. The lowest BCUT2D eigenvalue weighted by Crippen LogP contribution is -2.46. The van der Waals surface area contributed by atoms with E-state index in [4.69, 9.17) is 10.1 Å². The van der Waals surface area contributed by atoms with Crippen LogP contribution in [-0.2, 0) is 17.6 Å². The average molecular weight is 504 g/mol. The molecule has 0 atom stereocenters. The molecule has 3 N–H and O–H groups in total. The van der Waals surface area contributed by atoms with E-state index in [1.165, 1.54) is 64.2 Å². The number of carbonyl (C=O) groups excluding carboxylic acids is 1. The highest BCUT2D eigenvalue weighted by molar-refractivity contribution is 6.03. The molecule has 5 fully saturated rings. The van der Waals surface area contributed by atoms with Crippen LogP contribution >= 0.6 is 0 Å². The fraction of sp³-hybridized carbons (Fsp3) is 0.645. The standard InChI is InChI=1S/C31H41N3O3/c35-27(36)11-8-20-6-9-25(10-7-20)32-30(37)28-26(33-29(34-28)24-4-2-1-3-5-24)12-13-31-17-21-14-22(18-31)16-23(15-21)19-31/h6-7,9-10,21-24H,1-5,8,11-19H2,(H,32,37)(H,33,34)(H,35,36). The van der Waals surface area contributed by atoms with Crippen LogP contribution in [-0.4, -0.2) is 27.0 Å². The van der Waals surface area contributed by atoms with Crippen molar-refractivity contribution in [1.29, 1.82) is 0 Å². The zero-order valence-corrected chi connectivity index (χ0v) is 21.9. The second-order valence-corrected chi connectivity index (χ2v) is 12.7. The highest BCUT2D eigenvalue weighted by Gasteiger charge is 2.50. The van der Waals surface area contributed by atoms with Gasteiger partial charge in [-0.3, -0.25) is 9.59 Å². The summed E-state index contributed by atoms with van der Waals surface area (Å²) in [6.45, 7) is 0. The molecule has 0 spiro atoms. The van der Waals surface area contributed by atoms with Crippen molar-refractivity contribution < 1.29 is 14.7 Å². The SMILES string of the molecule is O=C(O)CCc1ccc(NC(=O)c2nc(C3CCCCC3)[nH]c2CCC23CC4CC(CC(C4)C2)C3)cc1. The first-order valence-corrected chi connectivity index (χ1v) is 14.7. The number of aryl methyl sites for hydroxylation is 2. The van der Waals surface area contributed by atoms with E-state index in [1.54, 1.807) is 0 Å². The molecule has 1 amide bonds. The predicted octanol–water partition coefficient (Wildman–Crippen LogP) is 6.88. The quantitative estimate of drug-likeness (QED) is 0.348. The highest BCUT2D eigenvalue weighted by Crippen LogP contribution is 2.61. The van der Waals surface area contributed by atoms with Crippen LogP contribution in [0.4, 0.5) is 5.69 Å². The van der Waals surface area contributed by atoms with Crippen LogP contribution in [0, 0.1) is 23.2 Å². The summed E-state index contributed by atoms with van der Waals surface area (Å²) >= 11 is 0. The van der Waals surface area contributed by atoms with Gasteiger partial charge in [-0.15, -0.1) is 0 Å². The Bertz CT molecular complexity index is 1090. The maximum Gasteiger partial charge on any atom is 0.303 e. The molecule has 0 aliphatic heterocycles. The van der Waals surface area contributed by atoms with Gasteiger partial charge in [-0.25, -0.2) is 4.98 Å². The van der Waals surface area contributed by atoms with E-state index in [1.807, 2.05) is 24.3 Å². The summed E-state index contributed by atoms with van der Waals surface area (Å²) in [7, 11) is 0. The summed E-state index contributed by atoms with van der Waals surface area (Å²) in [6, 6.07) is 7.51. The molecular weight excluding hydrogens is 462 g/mol. The fourth-order valence-electron chi connectivity index (χ4n) is 8.55. The van der Waals surface area contributed by atoms with Gasteiger partial charge >= 0.3 is 5.97 Å². The van der Waals surface area contributed by atoms with Crippen molar-refractivity contribution >= 4 is 17.6 Å². The van der Waals surface area contributed by atoms with Crippen molar-refractivity contribution in [1.82, 2.24) is 9.97 Å². The fourth-order valence-corrected chi connectivity index (χ4v) is 8.55. The Balaban J connectivity index is 1.18. The van der Waals surface area contributed by atoms with Crippen LogP contribution in [0.1, 0.15) is 117 Å². The normalized spacial score (nSPS) is 28.9. The van der Waals surface area contributed by atoms with Gasteiger partial charge in [0, 0.05) is 23.7 Å². The Morgan fingerprint density at radius 3 is 2.22 bits per heavy atom. The predicted molar refractivity (Wildman–Crippen MR) is 144 cm³/mol. The molecule has 4 bridgehead atoms. The molecule has 37 heavy (non-hydrogen) atoms. The Morgan fingerprint density at radius 1 is 0.946 bits per heavy atom. The third kappa shape index (κ3) is 5.49. The molecule has 5 saturated carbocycles. The highest BCUT2D eigenvalue weighted by atomic mass is 16.4. The van der Waals surface area contributed by atoms with Crippen LogP contribution in [0.5, 0.6) is 0 Å². The summed E-state index contributed by atoms with van der Waals surface area (Å²) in [5.74, 6) is 3.31. The van der Waals surface area contributed by atoms with Gasteiger partial charge in [-0.2, -0.15) is 0 Å². The first-order chi connectivity index (χ1) is 17.9. The van der Waals surface area contributed by atoms with Crippen molar-refractivity contribution in [3.63, 3.8) is 0 Å². The van der Waals surface area contributed by atoms with E-state index in [9.17, 15) is 9.59 Å². The third-order valence-electron chi connectivity index (χ3n) is 9.91. The van der Waals surface area contributed by atoms with Crippen LogP contribution in [0.25, 0.3) is 0 Å². The maximum absolute atomic E-state index is 13.5. The topological polar surface area (TPSA) is 95.1 Å². The van der Waals surface area contributed by atoms with Gasteiger partial charge in [-0.1, -0.05) is 31.4 Å². The molecule has 2 aromatic rings. The van der Waals surface area contributed by atoms with Gasteiger partial charge in [-0.05, 0) is 111 Å². The van der Waals surface area contributed by atoms with Crippen LogP contribution < -0.4 is 5.32 Å². The van der Waals surface area contributed by atoms with Gasteiger partial charge in [0.05, 0.1) is 0 Å². The van der Waals surface area contributed by atoms with E-state index in [0.29, 0.717) is 23.4 Å². The number of anilines is 1. The van der Waals surface area contributed by atoms with Crippen molar-refractivity contribution in [2.45, 2.75) is 102 Å². The molecule has 7 rings (SSSR count). The molecule has 0 unspecified atom stereocenters. The van der Waals surface area contributed by atoms with Gasteiger partial charge in [0.1, 0.15) is 11.5 Å². The van der Waals surface area contributed by atoms with Gasteiger partial charge < -0.3 is 15.4 Å². The Labute approximate surface area is 220 Å². The first-order valence-electron chi connectivity index (χ1n) is 14.7. The number of carboxylic acid groups (broad SMARTS) is 1. The number of imidazole rings is 1. The monoisotopic (exact) mass is 503 g/mol. The minimum Gasteiger partial charge on any atom is -0.481 e. The summed E-state index contributed by atoms with van der Waals surface area (Å²) < 4.78 is 0. The van der Waals surface area contributed by atoms with Crippen molar-refractivity contribution in [2.75, 3.05) is 5.32 Å². The first kappa shape index (κ1) is 24.7. The number of H-pyrrole nitrogens is 1. The number of amides is 1. The molecule has 1 heterocycles. The summed E-state index contributed by atoms with van der Waals surface area (Å²) in [5, 5.41) is 12.0. The molecule has 5 aliphatic rings. The molecule has 6 heteroatoms. The van der Waals surface area contributed by atoms with E-state index >= 15 is 0 Å². The minimum atomic E-state index is -0.800. The molecular formula is C31H41N3O3. The van der Waals surface area contributed by atoms with Crippen LogP contribution in [0.2, 0.25) is 0 Å². The number of benzene rings is 1. The number of nitrogens with zero attached hydrogens (tertiary/aromatic N) is 1. The van der Waals surface area contributed by atoms with E-state index < -0.39 is 5.97 Å². The average Bonchev–Trinajstić information content (AvgIpc) is 3.32. The van der Waals surface area contributed by atoms with Crippen LogP contribution in [0.15, 0.2) is 24.3 Å². The largest absolute Gasteiger partial charge is 0.481 e. The smallest absolute Gasteiger partial charge is 0.303 e. The van der Waals surface area contributed by atoms with Gasteiger partial charge in [0.2, 0.25) is 0 Å². The molecule has 1 aromatic carbocycles. The third-order valence-corrected chi connectivity index (χ3v) is 9.91. The zero-order chi connectivity index (χ0) is 25.4. The minimum absolute atomic E-state index is 0.107. The number of carbonyl (C=O) groups is 2. The number of nitrogens with one attached hydrogen (secondary N) is 2. The number of hydrogen-bond donors (Lipinski definition) is 3. The number of aromatic amines is 1. The number of aromatic nitrogens is 2. The lowest BCUT2D eigenvalue weighted by atomic mass is 9.48. The molecule has 6 nitrogen and oxygen atoms in total. The van der Waals surface area contributed by atoms with Crippen LogP contribution in [0.3, 0.4) is 0 Å². The molecule has 5 aliphatic carbocycles. The number of aliphatic carboxylic acids is 1. The summed E-state index contributed by atoms with van der Waals surface area (Å²) in [5.41, 5.74) is 3.74. The molecule has 0 saturated heterocycles. The maximum atomic E-state index is 13.5. The van der Waals surface area contributed by atoms with Crippen molar-refractivity contribution in [2.24, 2.45) is 23.2 Å². The Morgan fingerprint density at radius 2 is 1.59 bits per heavy atom. The van der Waals surface area contributed by atoms with Gasteiger partial charge in [0.25, 0.3) is 5.91 Å². The zero-order valence-electron chi connectivity index (χ0n) is 21.9. The number of rotatable bonds is 9. The van der Waals surface area contributed by atoms with Gasteiger partial charge in [0.15, 0.2) is 0 Å². The van der Waals surface area contributed by atoms with E-state index in [0.717, 1.165) is 59.8 Å². The number of hydrogen-bond acceptors (Lipinski definition) is 3. The second-order valence-electron chi connectivity index (χ2n) is 12.7. The Kier molecular flexibility index (Phi) is 6.85. The molecule has 1 aromatic heterocycles. The summed E-state index contributed by atoms with van der Waals surface area (Å²) in [4.78, 5) is 32.9. The second kappa shape index (κ2) is 10.3. The molecule has 0 radical (unpaired) electrons. The van der Waals surface area contributed by atoms with E-state index in [-0.39, 0.29) is 12.3 Å². The van der Waals surface area contributed by atoms with E-state index in [2.05, 4.69) is 10.3 Å².